The first-order valence-electron chi connectivity index (χ1n) is 8.53. The summed E-state index contributed by atoms with van der Waals surface area (Å²) in [5.74, 6) is -0.247. The van der Waals surface area contributed by atoms with Gasteiger partial charge in [-0.25, -0.2) is 4.79 Å². The number of hydrogen-bond acceptors (Lipinski definition) is 4. The number of amides is 1. The van der Waals surface area contributed by atoms with Crippen LogP contribution in [-0.2, 0) is 4.79 Å². The lowest BCUT2D eigenvalue weighted by atomic mass is 10.0. The Morgan fingerprint density at radius 3 is 2.65 bits per heavy atom. The SMILES string of the molecule is CCOc1cc(C(=O)N2CC(C)c3ccccc32)ccc1OCC(=O)O. The molecule has 6 heteroatoms. The van der Waals surface area contributed by atoms with Gasteiger partial charge in [-0.3, -0.25) is 4.79 Å². The van der Waals surface area contributed by atoms with Crippen molar-refractivity contribution in [3.05, 3.63) is 53.6 Å². The number of benzene rings is 2. The van der Waals surface area contributed by atoms with E-state index in [9.17, 15) is 9.59 Å². The maximum atomic E-state index is 13.0. The molecule has 3 rings (SSSR count). The molecule has 6 nitrogen and oxygen atoms in total. The summed E-state index contributed by atoms with van der Waals surface area (Å²) in [5, 5.41) is 8.77. The molecule has 0 saturated carbocycles. The van der Waals surface area contributed by atoms with Crippen molar-refractivity contribution in [3.8, 4) is 11.5 Å². The van der Waals surface area contributed by atoms with Crippen LogP contribution in [0.25, 0.3) is 0 Å². The van der Waals surface area contributed by atoms with Gasteiger partial charge in [0.15, 0.2) is 18.1 Å². The van der Waals surface area contributed by atoms with Gasteiger partial charge in [-0.05, 0) is 36.8 Å². The summed E-state index contributed by atoms with van der Waals surface area (Å²) in [6, 6.07) is 12.7. The van der Waals surface area contributed by atoms with Gasteiger partial charge in [-0.2, -0.15) is 0 Å². The Morgan fingerprint density at radius 2 is 1.92 bits per heavy atom. The average Bonchev–Trinajstić information content (AvgIpc) is 2.97. The number of carbonyl (C=O) groups is 2. The van der Waals surface area contributed by atoms with Gasteiger partial charge in [-0.1, -0.05) is 25.1 Å². The molecule has 0 bridgehead atoms. The van der Waals surface area contributed by atoms with Crippen molar-refractivity contribution in [1.29, 1.82) is 0 Å². The maximum absolute atomic E-state index is 13.0. The summed E-state index contributed by atoms with van der Waals surface area (Å²) in [5.41, 5.74) is 2.56. The van der Waals surface area contributed by atoms with E-state index in [4.69, 9.17) is 14.6 Å². The van der Waals surface area contributed by atoms with Gasteiger partial charge in [-0.15, -0.1) is 0 Å². The van der Waals surface area contributed by atoms with Crippen LogP contribution in [-0.4, -0.2) is 36.7 Å². The number of anilines is 1. The molecule has 1 aliphatic heterocycles. The first-order valence-corrected chi connectivity index (χ1v) is 8.53. The van der Waals surface area contributed by atoms with Crippen LogP contribution < -0.4 is 14.4 Å². The molecule has 0 aromatic heterocycles. The zero-order valence-electron chi connectivity index (χ0n) is 14.8. The third-order valence-electron chi connectivity index (χ3n) is 4.30. The molecule has 0 saturated heterocycles. The zero-order valence-corrected chi connectivity index (χ0v) is 14.8. The Kier molecular flexibility index (Phi) is 5.11. The molecule has 26 heavy (non-hydrogen) atoms. The predicted molar refractivity (Wildman–Crippen MR) is 97.3 cm³/mol. The zero-order chi connectivity index (χ0) is 18.7. The smallest absolute Gasteiger partial charge is 0.341 e. The Balaban J connectivity index is 1.88. The van der Waals surface area contributed by atoms with E-state index in [0.29, 0.717) is 30.2 Å². The lowest BCUT2D eigenvalue weighted by molar-refractivity contribution is -0.139. The molecule has 0 spiro atoms. The highest BCUT2D eigenvalue weighted by atomic mass is 16.5. The first-order chi connectivity index (χ1) is 12.5. The molecular weight excluding hydrogens is 334 g/mol. The van der Waals surface area contributed by atoms with Gasteiger partial charge in [0, 0.05) is 23.7 Å². The number of para-hydroxylation sites is 1. The fraction of sp³-hybridized carbons (Fsp3) is 0.300. The molecular formula is C20H21NO5. The largest absolute Gasteiger partial charge is 0.490 e. The van der Waals surface area contributed by atoms with Crippen LogP contribution in [0, 0.1) is 0 Å². The van der Waals surface area contributed by atoms with Gasteiger partial charge >= 0.3 is 5.97 Å². The number of rotatable bonds is 6. The number of carboxylic acids is 1. The molecule has 1 atom stereocenters. The van der Waals surface area contributed by atoms with Crippen LogP contribution in [0.5, 0.6) is 11.5 Å². The number of hydrogen-bond donors (Lipinski definition) is 1. The van der Waals surface area contributed by atoms with Crippen LogP contribution in [0.15, 0.2) is 42.5 Å². The lowest BCUT2D eigenvalue weighted by Gasteiger charge is -2.19. The number of ether oxygens (including phenoxy) is 2. The predicted octanol–water partition coefficient (Wildman–Crippen LogP) is 3.31. The topological polar surface area (TPSA) is 76.1 Å². The summed E-state index contributed by atoms with van der Waals surface area (Å²) < 4.78 is 10.8. The summed E-state index contributed by atoms with van der Waals surface area (Å²) >= 11 is 0. The van der Waals surface area contributed by atoms with E-state index in [1.54, 1.807) is 23.1 Å². The molecule has 1 aliphatic rings. The van der Waals surface area contributed by atoms with Crippen LogP contribution in [0.2, 0.25) is 0 Å². The summed E-state index contributed by atoms with van der Waals surface area (Å²) in [6.07, 6.45) is 0. The second kappa shape index (κ2) is 7.47. The van der Waals surface area contributed by atoms with E-state index >= 15 is 0 Å². The lowest BCUT2D eigenvalue weighted by Crippen LogP contribution is -2.29. The molecule has 1 amide bonds. The van der Waals surface area contributed by atoms with Crippen LogP contribution in [0.1, 0.15) is 35.7 Å². The Bertz CT molecular complexity index is 833. The normalized spacial score (nSPS) is 15.5. The van der Waals surface area contributed by atoms with Gasteiger partial charge in [0.2, 0.25) is 0 Å². The van der Waals surface area contributed by atoms with Crippen molar-refractivity contribution in [2.75, 3.05) is 24.7 Å². The van der Waals surface area contributed by atoms with E-state index in [0.717, 1.165) is 11.3 Å². The molecule has 2 aromatic carbocycles. The summed E-state index contributed by atoms with van der Waals surface area (Å²) in [4.78, 5) is 25.5. The highest BCUT2D eigenvalue weighted by molar-refractivity contribution is 6.07. The van der Waals surface area contributed by atoms with Crippen LogP contribution in [0.4, 0.5) is 5.69 Å². The van der Waals surface area contributed by atoms with E-state index in [2.05, 4.69) is 6.92 Å². The third-order valence-corrected chi connectivity index (χ3v) is 4.30. The van der Waals surface area contributed by atoms with Crippen molar-refractivity contribution in [2.45, 2.75) is 19.8 Å². The van der Waals surface area contributed by atoms with E-state index in [1.165, 1.54) is 0 Å². The minimum Gasteiger partial charge on any atom is -0.490 e. The van der Waals surface area contributed by atoms with E-state index < -0.39 is 12.6 Å². The monoisotopic (exact) mass is 355 g/mol. The van der Waals surface area contributed by atoms with Crippen molar-refractivity contribution in [1.82, 2.24) is 0 Å². The summed E-state index contributed by atoms with van der Waals surface area (Å²) in [7, 11) is 0. The van der Waals surface area contributed by atoms with Gasteiger partial charge in [0.1, 0.15) is 0 Å². The molecule has 2 aromatic rings. The third kappa shape index (κ3) is 3.49. The van der Waals surface area contributed by atoms with Gasteiger partial charge < -0.3 is 19.5 Å². The van der Waals surface area contributed by atoms with Crippen molar-refractivity contribution in [3.63, 3.8) is 0 Å². The van der Waals surface area contributed by atoms with Crippen molar-refractivity contribution < 1.29 is 24.2 Å². The second-order valence-corrected chi connectivity index (χ2v) is 6.15. The molecule has 0 aliphatic carbocycles. The van der Waals surface area contributed by atoms with Gasteiger partial charge in [0.25, 0.3) is 5.91 Å². The average molecular weight is 355 g/mol. The highest BCUT2D eigenvalue weighted by Crippen LogP contribution is 2.37. The van der Waals surface area contributed by atoms with Crippen LogP contribution >= 0.6 is 0 Å². The van der Waals surface area contributed by atoms with E-state index in [-0.39, 0.29) is 11.8 Å². The van der Waals surface area contributed by atoms with Crippen molar-refractivity contribution >= 4 is 17.6 Å². The van der Waals surface area contributed by atoms with Crippen LogP contribution in [0.3, 0.4) is 0 Å². The number of nitrogens with zero attached hydrogens (tertiary/aromatic N) is 1. The quantitative estimate of drug-likeness (QED) is 0.860. The Labute approximate surface area is 152 Å². The van der Waals surface area contributed by atoms with Gasteiger partial charge in [0.05, 0.1) is 6.61 Å². The molecule has 1 heterocycles. The molecule has 1 unspecified atom stereocenters. The molecule has 1 N–H and O–H groups in total. The Hall–Kier alpha value is -3.02. The number of fused-ring (bicyclic) bond motifs is 1. The standard InChI is InChI=1S/C20H21NO5/c1-3-25-18-10-14(8-9-17(18)26-12-19(22)23)20(24)21-11-13(2)15-6-4-5-7-16(15)21/h4-10,13H,3,11-12H2,1-2H3,(H,22,23). The minimum atomic E-state index is -1.07. The number of aliphatic carboxylic acids is 1. The fourth-order valence-corrected chi connectivity index (χ4v) is 3.14. The first kappa shape index (κ1) is 17.8. The molecule has 0 fully saturated rings. The Morgan fingerprint density at radius 1 is 1.15 bits per heavy atom. The van der Waals surface area contributed by atoms with Crippen molar-refractivity contribution in [2.24, 2.45) is 0 Å². The number of carbonyl (C=O) groups excluding carboxylic acids is 1. The second-order valence-electron chi connectivity index (χ2n) is 6.15. The molecule has 136 valence electrons. The summed E-state index contributed by atoms with van der Waals surface area (Å²) in [6.45, 7) is 4.45. The maximum Gasteiger partial charge on any atom is 0.341 e. The van der Waals surface area contributed by atoms with E-state index in [1.807, 2.05) is 31.2 Å². The molecule has 0 radical (unpaired) electrons. The number of carboxylic acid groups (broad SMARTS) is 1. The minimum absolute atomic E-state index is 0.118. The fourth-order valence-electron chi connectivity index (χ4n) is 3.14. The highest BCUT2D eigenvalue weighted by Gasteiger charge is 2.30.